The van der Waals surface area contributed by atoms with Crippen LogP contribution in [0.2, 0.25) is 0 Å². The van der Waals surface area contributed by atoms with Crippen molar-refractivity contribution < 1.29 is 13.6 Å². The molecule has 108 valence electrons. The summed E-state index contributed by atoms with van der Waals surface area (Å²) in [6.07, 6.45) is 1.33. The van der Waals surface area contributed by atoms with Gasteiger partial charge in [0.2, 0.25) is 0 Å². The van der Waals surface area contributed by atoms with Crippen molar-refractivity contribution in [2.45, 2.75) is 0 Å². The number of aromatic nitrogens is 1. The molecule has 1 heterocycles. The highest BCUT2D eigenvalue weighted by Gasteiger charge is 2.13. The van der Waals surface area contributed by atoms with E-state index >= 15 is 0 Å². The Morgan fingerprint density at radius 2 is 2.00 bits per heavy atom. The molecule has 0 atom stereocenters. The molecule has 4 nitrogen and oxygen atoms in total. The molecular formula is C13H8BrF2N3OS. The van der Waals surface area contributed by atoms with Gasteiger partial charge in [-0.2, -0.15) is 0 Å². The maximum absolute atomic E-state index is 13.6. The number of rotatable bonds is 3. The van der Waals surface area contributed by atoms with Gasteiger partial charge in [-0.15, -0.1) is 0 Å². The Morgan fingerprint density at radius 3 is 2.57 bits per heavy atom. The quantitative estimate of drug-likeness (QED) is 0.642. The molecular weight excluding hydrogens is 364 g/mol. The summed E-state index contributed by atoms with van der Waals surface area (Å²) in [6.45, 7) is 0. The predicted molar refractivity (Wildman–Crippen MR) is 82.1 cm³/mol. The summed E-state index contributed by atoms with van der Waals surface area (Å²) in [7, 11) is 0. The average molecular weight is 372 g/mol. The number of carbonyl (C=O) groups is 1. The monoisotopic (exact) mass is 371 g/mol. The minimum Gasteiger partial charge on any atom is -0.389 e. The molecule has 0 aliphatic carbocycles. The lowest BCUT2D eigenvalue weighted by Gasteiger charge is -2.07. The zero-order valence-corrected chi connectivity index (χ0v) is 12.8. The number of hydrogen-bond donors (Lipinski definition) is 2. The van der Waals surface area contributed by atoms with Gasteiger partial charge < -0.3 is 11.1 Å². The van der Waals surface area contributed by atoms with Crippen LogP contribution in [0.4, 0.5) is 14.5 Å². The maximum atomic E-state index is 13.6. The zero-order valence-electron chi connectivity index (χ0n) is 10.4. The van der Waals surface area contributed by atoms with E-state index < -0.39 is 17.5 Å². The van der Waals surface area contributed by atoms with E-state index in [9.17, 15) is 13.6 Å². The van der Waals surface area contributed by atoms with Gasteiger partial charge in [0.05, 0.1) is 10.2 Å². The number of carbonyl (C=O) groups excluding carboxylic acids is 1. The van der Waals surface area contributed by atoms with Gasteiger partial charge in [-0.3, -0.25) is 9.78 Å². The second-order valence-corrected chi connectivity index (χ2v) is 5.29. The molecule has 0 saturated carbocycles. The van der Waals surface area contributed by atoms with Gasteiger partial charge in [-0.25, -0.2) is 8.78 Å². The molecule has 0 spiro atoms. The smallest absolute Gasteiger partial charge is 0.274 e. The molecule has 0 aliphatic rings. The third-order valence-electron chi connectivity index (χ3n) is 2.54. The van der Waals surface area contributed by atoms with Gasteiger partial charge in [0.25, 0.3) is 5.91 Å². The number of thiocarbonyl (C=S) groups is 1. The first-order chi connectivity index (χ1) is 9.88. The van der Waals surface area contributed by atoms with Crippen molar-refractivity contribution in [1.82, 2.24) is 4.98 Å². The molecule has 0 aliphatic heterocycles. The van der Waals surface area contributed by atoms with Gasteiger partial charge >= 0.3 is 0 Å². The van der Waals surface area contributed by atoms with Gasteiger partial charge in [0, 0.05) is 17.8 Å². The Bertz CT molecular complexity index is 722. The fourth-order valence-corrected chi connectivity index (χ4v) is 1.91. The normalized spacial score (nSPS) is 10.2. The highest BCUT2D eigenvalue weighted by molar-refractivity contribution is 9.10. The lowest BCUT2D eigenvalue weighted by Crippen LogP contribution is -2.16. The number of anilines is 1. The van der Waals surface area contributed by atoms with E-state index in [0.717, 1.165) is 12.1 Å². The van der Waals surface area contributed by atoms with Crippen LogP contribution in [0.3, 0.4) is 0 Å². The summed E-state index contributed by atoms with van der Waals surface area (Å²) >= 11 is 7.61. The molecule has 3 N–H and O–H groups in total. The lowest BCUT2D eigenvalue weighted by molar-refractivity contribution is 0.102. The van der Waals surface area contributed by atoms with Crippen LogP contribution >= 0.6 is 28.1 Å². The standard InChI is InChI=1S/C13H8BrF2N3OS/c14-7-3-9(16)11(4-8(7)15)19-13(20)10-2-1-6(5-18-10)12(17)21/h1-5H,(H2,17,21)(H,19,20). The van der Waals surface area contributed by atoms with Crippen LogP contribution in [-0.2, 0) is 0 Å². The molecule has 2 rings (SSSR count). The van der Waals surface area contributed by atoms with E-state index in [1.54, 1.807) is 0 Å². The zero-order chi connectivity index (χ0) is 15.6. The van der Waals surface area contributed by atoms with Crippen molar-refractivity contribution in [3.63, 3.8) is 0 Å². The summed E-state index contributed by atoms with van der Waals surface area (Å²) in [6, 6.07) is 4.70. The SMILES string of the molecule is NC(=S)c1ccc(C(=O)Nc2cc(F)c(Br)cc2F)nc1. The van der Waals surface area contributed by atoms with Gasteiger partial charge in [-0.1, -0.05) is 12.2 Å². The molecule has 1 aromatic heterocycles. The Balaban J connectivity index is 2.22. The second kappa shape index (κ2) is 6.23. The van der Waals surface area contributed by atoms with E-state index in [2.05, 4.69) is 26.2 Å². The molecule has 0 unspecified atom stereocenters. The number of nitrogens with zero attached hydrogens (tertiary/aromatic N) is 1. The van der Waals surface area contributed by atoms with Crippen LogP contribution in [0.5, 0.6) is 0 Å². The van der Waals surface area contributed by atoms with Crippen molar-refractivity contribution in [3.05, 3.63) is 57.8 Å². The first-order valence-electron chi connectivity index (χ1n) is 5.60. The Morgan fingerprint density at radius 1 is 1.29 bits per heavy atom. The second-order valence-electron chi connectivity index (χ2n) is 4.00. The van der Waals surface area contributed by atoms with Crippen LogP contribution in [0.25, 0.3) is 0 Å². The van der Waals surface area contributed by atoms with Crippen LogP contribution in [0.15, 0.2) is 34.9 Å². The first kappa shape index (κ1) is 15.5. The van der Waals surface area contributed by atoms with E-state index in [0.29, 0.717) is 5.56 Å². The van der Waals surface area contributed by atoms with Crippen molar-refractivity contribution >= 4 is 44.7 Å². The minimum atomic E-state index is -0.767. The third-order valence-corrected chi connectivity index (χ3v) is 3.38. The highest BCUT2D eigenvalue weighted by atomic mass is 79.9. The molecule has 2 aromatic rings. The van der Waals surface area contributed by atoms with Crippen LogP contribution in [0.1, 0.15) is 16.1 Å². The van der Waals surface area contributed by atoms with Crippen molar-refractivity contribution in [2.24, 2.45) is 5.73 Å². The Kier molecular flexibility index (Phi) is 4.59. The number of halogens is 3. The number of amides is 1. The summed E-state index contributed by atoms with van der Waals surface area (Å²) in [5.41, 5.74) is 5.66. The largest absolute Gasteiger partial charge is 0.389 e. The van der Waals surface area contributed by atoms with Gasteiger partial charge in [0.15, 0.2) is 0 Å². The van der Waals surface area contributed by atoms with E-state index in [4.69, 9.17) is 18.0 Å². The molecule has 21 heavy (non-hydrogen) atoms. The van der Waals surface area contributed by atoms with Gasteiger partial charge in [-0.05, 0) is 34.1 Å². The van der Waals surface area contributed by atoms with E-state index in [1.165, 1.54) is 18.3 Å². The predicted octanol–water partition coefficient (Wildman–Crippen LogP) is 3.01. The number of benzene rings is 1. The Labute approximate surface area is 132 Å². The minimum absolute atomic E-state index is 0.0257. The summed E-state index contributed by atoms with van der Waals surface area (Å²) in [4.78, 5) is 15.9. The lowest BCUT2D eigenvalue weighted by atomic mass is 10.2. The molecule has 0 saturated heterocycles. The summed E-state index contributed by atoms with van der Waals surface area (Å²) < 4.78 is 26.9. The van der Waals surface area contributed by atoms with Crippen LogP contribution in [-0.4, -0.2) is 15.9 Å². The number of hydrogen-bond acceptors (Lipinski definition) is 3. The average Bonchev–Trinajstić information content (AvgIpc) is 2.44. The fourth-order valence-electron chi connectivity index (χ4n) is 1.48. The highest BCUT2D eigenvalue weighted by Crippen LogP contribution is 2.23. The van der Waals surface area contributed by atoms with E-state index in [-0.39, 0.29) is 20.8 Å². The molecule has 8 heteroatoms. The Hall–Kier alpha value is -1.93. The summed E-state index contributed by atoms with van der Waals surface area (Å²) in [5, 5.41) is 2.24. The van der Waals surface area contributed by atoms with Crippen LogP contribution in [0, 0.1) is 11.6 Å². The topological polar surface area (TPSA) is 68.0 Å². The van der Waals surface area contributed by atoms with Crippen molar-refractivity contribution in [3.8, 4) is 0 Å². The van der Waals surface area contributed by atoms with E-state index in [1.807, 2.05) is 0 Å². The maximum Gasteiger partial charge on any atom is 0.274 e. The fraction of sp³-hybridized carbons (Fsp3) is 0. The summed E-state index contributed by atoms with van der Waals surface area (Å²) in [5.74, 6) is -2.13. The number of pyridine rings is 1. The molecule has 0 fully saturated rings. The number of nitrogens with two attached hydrogens (primary N) is 1. The van der Waals surface area contributed by atoms with Crippen molar-refractivity contribution in [1.29, 1.82) is 0 Å². The molecule has 0 radical (unpaired) electrons. The first-order valence-corrected chi connectivity index (χ1v) is 6.80. The molecule has 0 bridgehead atoms. The molecule has 1 amide bonds. The third kappa shape index (κ3) is 3.59. The number of nitrogens with one attached hydrogen (secondary N) is 1. The van der Waals surface area contributed by atoms with Crippen LogP contribution < -0.4 is 11.1 Å². The van der Waals surface area contributed by atoms with Crippen molar-refractivity contribution in [2.75, 3.05) is 5.32 Å². The van der Waals surface area contributed by atoms with Gasteiger partial charge in [0.1, 0.15) is 22.3 Å². The molecule has 1 aromatic carbocycles.